The fraction of sp³-hybridized carbons (Fsp3) is 0.364. The number of nitrogens with zero attached hydrogens (tertiary/aromatic N) is 1. The molecule has 0 spiro atoms. The average Bonchev–Trinajstić information content (AvgIpc) is 3.30. The molecule has 1 atom stereocenters. The Morgan fingerprint density at radius 3 is 2.47 bits per heavy atom. The van der Waals surface area contributed by atoms with E-state index in [9.17, 15) is 22.4 Å². The van der Waals surface area contributed by atoms with Gasteiger partial charge in [0.2, 0.25) is 21.8 Å². The molecule has 0 bridgehead atoms. The Hall–Kier alpha value is -2.82. The third-order valence-corrected chi connectivity index (χ3v) is 6.42. The van der Waals surface area contributed by atoms with E-state index in [1.165, 1.54) is 29.2 Å². The first kappa shape index (κ1) is 23.8. The maximum absolute atomic E-state index is 13.0. The van der Waals surface area contributed by atoms with Gasteiger partial charge in [0, 0.05) is 19.7 Å². The summed E-state index contributed by atoms with van der Waals surface area (Å²) in [7, 11) is -3.85. The average molecular weight is 464 g/mol. The number of benzene rings is 2. The zero-order chi connectivity index (χ0) is 23.0. The fourth-order valence-electron chi connectivity index (χ4n) is 3.27. The van der Waals surface area contributed by atoms with Crippen molar-refractivity contribution < 1.29 is 27.1 Å². The molecule has 0 unspecified atom stereocenters. The molecule has 172 valence electrons. The molecule has 10 heteroatoms. The molecular weight excluding hydrogens is 437 g/mol. The molecular formula is C22H26FN3O5S. The van der Waals surface area contributed by atoms with E-state index in [0.717, 1.165) is 12.8 Å². The molecule has 2 aromatic rings. The summed E-state index contributed by atoms with van der Waals surface area (Å²) < 4.78 is 45.7. The summed E-state index contributed by atoms with van der Waals surface area (Å²) in [6.45, 7) is 0.240. The van der Waals surface area contributed by atoms with Crippen LogP contribution in [0.4, 0.5) is 4.39 Å². The molecule has 1 aliphatic heterocycles. The number of nitrogens with one attached hydrogen (secondary N) is 2. The van der Waals surface area contributed by atoms with Gasteiger partial charge in [-0.25, -0.2) is 17.5 Å². The van der Waals surface area contributed by atoms with Crippen LogP contribution in [0.1, 0.15) is 18.4 Å². The maximum atomic E-state index is 13.0. The second-order valence-electron chi connectivity index (χ2n) is 7.45. The van der Waals surface area contributed by atoms with Crippen molar-refractivity contribution >= 4 is 21.8 Å². The molecule has 1 saturated heterocycles. The van der Waals surface area contributed by atoms with Gasteiger partial charge in [-0.2, -0.15) is 0 Å². The number of halogens is 1. The standard InChI is InChI=1S/C22H26FN3O5S/c23-18-10-8-17(9-11-18)13-24-21(27)16-26(15-19-5-4-12-31-19)22(28)14-25-32(29,30)20-6-2-1-3-7-20/h1-3,6-11,19,25H,4-5,12-16H2,(H,24,27)/t19-/m1/s1. The summed E-state index contributed by atoms with van der Waals surface area (Å²) in [5.41, 5.74) is 0.715. The minimum Gasteiger partial charge on any atom is -0.376 e. The summed E-state index contributed by atoms with van der Waals surface area (Å²) in [6, 6.07) is 13.4. The predicted octanol–water partition coefficient (Wildman–Crippen LogP) is 1.43. The highest BCUT2D eigenvalue weighted by Gasteiger charge is 2.25. The molecule has 3 rings (SSSR count). The third-order valence-electron chi connectivity index (χ3n) is 5.01. The van der Waals surface area contributed by atoms with Crippen molar-refractivity contribution in [2.45, 2.75) is 30.4 Å². The van der Waals surface area contributed by atoms with Crippen molar-refractivity contribution in [1.29, 1.82) is 0 Å². The second kappa shape index (κ2) is 11.2. The zero-order valence-corrected chi connectivity index (χ0v) is 18.3. The first-order chi connectivity index (χ1) is 15.3. The molecule has 2 N–H and O–H groups in total. The largest absolute Gasteiger partial charge is 0.376 e. The smallest absolute Gasteiger partial charge is 0.241 e. The number of hydrogen-bond acceptors (Lipinski definition) is 5. The zero-order valence-electron chi connectivity index (χ0n) is 17.5. The monoisotopic (exact) mass is 463 g/mol. The van der Waals surface area contributed by atoms with Crippen LogP contribution in [0.25, 0.3) is 0 Å². The lowest BCUT2D eigenvalue weighted by Crippen LogP contribution is -2.47. The normalized spacial score (nSPS) is 16.0. The van der Waals surface area contributed by atoms with Crippen LogP contribution in [-0.4, -0.2) is 57.5 Å². The Balaban J connectivity index is 1.59. The van der Waals surface area contributed by atoms with Crippen LogP contribution in [0, 0.1) is 5.82 Å². The van der Waals surface area contributed by atoms with Gasteiger partial charge in [-0.3, -0.25) is 9.59 Å². The van der Waals surface area contributed by atoms with E-state index in [4.69, 9.17) is 4.74 Å². The Labute approximate surface area is 186 Å². The molecule has 8 nitrogen and oxygen atoms in total. The minimum absolute atomic E-state index is 0.0514. The number of rotatable bonds is 10. The van der Waals surface area contributed by atoms with Gasteiger partial charge in [-0.1, -0.05) is 30.3 Å². The lowest BCUT2D eigenvalue weighted by molar-refractivity contribution is -0.136. The van der Waals surface area contributed by atoms with E-state index in [2.05, 4.69) is 10.0 Å². The summed E-state index contributed by atoms with van der Waals surface area (Å²) in [5, 5.41) is 2.69. The first-order valence-electron chi connectivity index (χ1n) is 10.3. The number of hydrogen-bond donors (Lipinski definition) is 2. The fourth-order valence-corrected chi connectivity index (χ4v) is 4.27. The predicted molar refractivity (Wildman–Crippen MR) is 115 cm³/mol. The quantitative estimate of drug-likeness (QED) is 0.555. The van der Waals surface area contributed by atoms with E-state index >= 15 is 0 Å². The molecule has 1 aliphatic rings. The van der Waals surface area contributed by atoms with E-state index in [0.29, 0.717) is 12.2 Å². The molecule has 1 heterocycles. The van der Waals surface area contributed by atoms with Gasteiger partial charge in [0.25, 0.3) is 0 Å². The van der Waals surface area contributed by atoms with Crippen molar-refractivity contribution in [2.75, 3.05) is 26.2 Å². The molecule has 0 aromatic heterocycles. The molecule has 0 radical (unpaired) electrons. The molecule has 0 aliphatic carbocycles. The topological polar surface area (TPSA) is 105 Å². The van der Waals surface area contributed by atoms with Crippen LogP contribution in [-0.2, 0) is 30.9 Å². The van der Waals surface area contributed by atoms with Crippen LogP contribution in [0.15, 0.2) is 59.5 Å². The van der Waals surface area contributed by atoms with Crippen LogP contribution < -0.4 is 10.0 Å². The van der Waals surface area contributed by atoms with Gasteiger partial charge in [-0.05, 0) is 42.7 Å². The Morgan fingerprint density at radius 2 is 1.81 bits per heavy atom. The number of ether oxygens (including phenoxy) is 1. The minimum atomic E-state index is -3.85. The summed E-state index contributed by atoms with van der Waals surface area (Å²) in [4.78, 5) is 26.6. The van der Waals surface area contributed by atoms with Gasteiger partial charge < -0.3 is 15.0 Å². The molecule has 2 aromatic carbocycles. The van der Waals surface area contributed by atoms with Gasteiger partial charge in [0.05, 0.1) is 24.1 Å². The highest BCUT2D eigenvalue weighted by atomic mass is 32.2. The Bertz CT molecular complexity index is 1010. The summed E-state index contributed by atoms with van der Waals surface area (Å²) in [5.74, 6) is -1.31. The van der Waals surface area contributed by atoms with Crippen LogP contribution in [0.2, 0.25) is 0 Å². The SMILES string of the molecule is O=C(CN(C[C@H]1CCCO1)C(=O)CNS(=O)(=O)c1ccccc1)NCc1ccc(F)cc1. The number of carbonyl (C=O) groups excluding carboxylic acids is 2. The van der Waals surface area contributed by atoms with Crippen LogP contribution in [0.3, 0.4) is 0 Å². The Kier molecular flexibility index (Phi) is 8.32. The first-order valence-corrected chi connectivity index (χ1v) is 11.8. The van der Waals surface area contributed by atoms with Gasteiger partial charge in [-0.15, -0.1) is 0 Å². The van der Waals surface area contributed by atoms with Crippen molar-refractivity contribution in [3.63, 3.8) is 0 Å². The summed E-state index contributed by atoms with van der Waals surface area (Å²) in [6.07, 6.45) is 1.43. The lowest BCUT2D eigenvalue weighted by Gasteiger charge is -2.25. The number of carbonyl (C=O) groups is 2. The molecule has 1 fully saturated rings. The highest BCUT2D eigenvalue weighted by Crippen LogP contribution is 2.14. The van der Waals surface area contributed by atoms with E-state index in [-0.39, 0.29) is 36.5 Å². The summed E-state index contributed by atoms with van der Waals surface area (Å²) >= 11 is 0. The molecule has 32 heavy (non-hydrogen) atoms. The van der Waals surface area contributed by atoms with E-state index in [1.807, 2.05) is 0 Å². The van der Waals surface area contributed by atoms with Gasteiger partial charge >= 0.3 is 0 Å². The Morgan fingerprint density at radius 1 is 1.09 bits per heavy atom. The van der Waals surface area contributed by atoms with Crippen molar-refractivity contribution in [3.05, 3.63) is 66.0 Å². The van der Waals surface area contributed by atoms with Gasteiger partial charge in [0.15, 0.2) is 0 Å². The number of sulfonamides is 1. The highest BCUT2D eigenvalue weighted by molar-refractivity contribution is 7.89. The number of amides is 2. The van der Waals surface area contributed by atoms with Crippen LogP contribution in [0.5, 0.6) is 0 Å². The van der Waals surface area contributed by atoms with Crippen molar-refractivity contribution in [3.8, 4) is 0 Å². The van der Waals surface area contributed by atoms with Crippen LogP contribution >= 0.6 is 0 Å². The van der Waals surface area contributed by atoms with Crippen molar-refractivity contribution in [2.24, 2.45) is 0 Å². The molecule has 2 amide bonds. The maximum Gasteiger partial charge on any atom is 0.241 e. The van der Waals surface area contributed by atoms with Gasteiger partial charge in [0.1, 0.15) is 5.82 Å². The van der Waals surface area contributed by atoms with E-state index < -0.39 is 28.4 Å². The third kappa shape index (κ3) is 7.11. The van der Waals surface area contributed by atoms with Crippen molar-refractivity contribution in [1.82, 2.24) is 14.9 Å². The van der Waals surface area contributed by atoms with E-state index in [1.54, 1.807) is 30.3 Å². The second-order valence-corrected chi connectivity index (χ2v) is 9.22. The molecule has 0 saturated carbocycles. The lowest BCUT2D eigenvalue weighted by atomic mass is 10.2.